The fraction of sp³-hybridized carbons (Fsp3) is 0.250. The fourth-order valence-electron chi connectivity index (χ4n) is 3.84. The lowest BCUT2D eigenvalue weighted by atomic mass is 9.69. The van der Waals surface area contributed by atoms with Crippen LogP contribution >= 0.6 is 11.3 Å². The first-order valence-electron chi connectivity index (χ1n) is 8.13. The summed E-state index contributed by atoms with van der Waals surface area (Å²) in [4.78, 5) is 5.93. The highest BCUT2D eigenvalue weighted by atomic mass is 32.1. The van der Waals surface area contributed by atoms with Crippen molar-refractivity contribution in [2.75, 3.05) is 5.73 Å². The molecule has 0 unspecified atom stereocenters. The lowest BCUT2D eigenvalue weighted by Gasteiger charge is -2.34. The SMILES string of the molecule is Nc1nc2c(s1)CCC(c1ccccc1)(c1ccccc1)CC2. The Morgan fingerprint density at radius 3 is 2.00 bits per heavy atom. The second-order valence-electron chi connectivity index (χ2n) is 6.24. The second kappa shape index (κ2) is 5.82. The minimum Gasteiger partial charge on any atom is -0.375 e. The van der Waals surface area contributed by atoms with Gasteiger partial charge in [-0.15, -0.1) is 11.3 Å². The Kier molecular flexibility index (Phi) is 3.66. The molecule has 116 valence electrons. The van der Waals surface area contributed by atoms with E-state index < -0.39 is 0 Å². The van der Waals surface area contributed by atoms with Crippen molar-refractivity contribution in [2.45, 2.75) is 31.1 Å². The van der Waals surface area contributed by atoms with Gasteiger partial charge in [0, 0.05) is 10.3 Å². The van der Waals surface area contributed by atoms with Crippen molar-refractivity contribution in [3.63, 3.8) is 0 Å². The van der Waals surface area contributed by atoms with Gasteiger partial charge in [-0.1, -0.05) is 60.7 Å². The van der Waals surface area contributed by atoms with Gasteiger partial charge in [0.2, 0.25) is 0 Å². The standard InChI is InChI=1S/C20H20N2S/c21-19-22-17-11-13-20(14-12-18(17)23-19,15-7-3-1-4-8-15)16-9-5-2-6-10-16/h1-10H,11-14H2,(H2,21,22). The van der Waals surface area contributed by atoms with Gasteiger partial charge < -0.3 is 5.73 Å². The van der Waals surface area contributed by atoms with Crippen LogP contribution < -0.4 is 5.73 Å². The first-order valence-corrected chi connectivity index (χ1v) is 8.95. The minimum absolute atomic E-state index is 0.0672. The van der Waals surface area contributed by atoms with E-state index in [1.165, 1.54) is 21.7 Å². The molecule has 0 saturated heterocycles. The maximum atomic E-state index is 5.91. The third-order valence-electron chi connectivity index (χ3n) is 5.01. The fourth-order valence-corrected chi connectivity index (χ4v) is 4.71. The van der Waals surface area contributed by atoms with Crippen LogP contribution in [0.1, 0.15) is 34.5 Å². The summed E-state index contributed by atoms with van der Waals surface area (Å²) in [6.07, 6.45) is 4.23. The molecule has 1 aliphatic rings. The Labute approximate surface area is 141 Å². The third kappa shape index (κ3) is 2.55. The first kappa shape index (κ1) is 14.5. The minimum atomic E-state index is 0.0672. The molecule has 1 aromatic heterocycles. The summed E-state index contributed by atoms with van der Waals surface area (Å²) < 4.78 is 0. The molecule has 2 N–H and O–H groups in total. The zero-order valence-corrected chi connectivity index (χ0v) is 13.9. The maximum absolute atomic E-state index is 5.91. The molecule has 2 nitrogen and oxygen atoms in total. The van der Waals surface area contributed by atoms with Crippen LogP contribution in [0, 0.1) is 0 Å². The zero-order valence-electron chi connectivity index (χ0n) is 13.0. The number of nitrogens with two attached hydrogens (primary N) is 1. The van der Waals surface area contributed by atoms with Gasteiger partial charge in [-0.05, 0) is 36.8 Å². The maximum Gasteiger partial charge on any atom is 0.180 e. The summed E-state index contributed by atoms with van der Waals surface area (Å²) in [6.45, 7) is 0. The molecule has 0 atom stereocenters. The lowest BCUT2D eigenvalue weighted by molar-refractivity contribution is 0.449. The lowest BCUT2D eigenvalue weighted by Crippen LogP contribution is -2.28. The highest BCUT2D eigenvalue weighted by Gasteiger charge is 2.36. The van der Waals surface area contributed by atoms with Crippen molar-refractivity contribution in [1.82, 2.24) is 4.98 Å². The molecule has 3 heteroatoms. The molecule has 0 saturated carbocycles. The summed E-state index contributed by atoms with van der Waals surface area (Å²) in [7, 11) is 0. The van der Waals surface area contributed by atoms with E-state index >= 15 is 0 Å². The van der Waals surface area contributed by atoms with Crippen LogP contribution in [0.25, 0.3) is 0 Å². The number of thiazole rings is 1. The van der Waals surface area contributed by atoms with Crippen LogP contribution in [0.15, 0.2) is 60.7 Å². The number of nitrogens with zero attached hydrogens (tertiary/aromatic N) is 1. The van der Waals surface area contributed by atoms with Crippen LogP contribution in [0.3, 0.4) is 0 Å². The summed E-state index contributed by atoms with van der Waals surface area (Å²) in [6, 6.07) is 21.9. The number of fused-ring (bicyclic) bond motifs is 1. The Morgan fingerprint density at radius 1 is 0.826 bits per heavy atom. The number of hydrogen-bond acceptors (Lipinski definition) is 3. The van der Waals surface area contributed by atoms with Crippen molar-refractivity contribution in [3.05, 3.63) is 82.4 Å². The number of anilines is 1. The number of benzene rings is 2. The van der Waals surface area contributed by atoms with Crippen LogP contribution in [-0.2, 0) is 18.3 Å². The molecule has 1 heterocycles. The van der Waals surface area contributed by atoms with Gasteiger partial charge >= 0.3 is 0 Å². The molecule has 0 amide bonds. The number of rotatable bonds is 2. The van der Waals surface area contributed by atoms with E-state index in [0.717, 1.165) is 25.7 Å². The van der Waals surface area contributed by atoms with E-state index in [4.69, 9.17) is 5.73 Å². The molecular formula is C20H20N2S. The van der Waals surface area contributed by atoms with Crippen molar-refractivity contribution >= 4 is 16.5 Å². The summed E-state index contributed by atoms with van der Waals surface area (Å²) >= 11 is 1.66. The van der Waals surface area contributed by atoms with Gasteiger partial charge in [-0.25, -0.2) is 4.98 Å². The van der Waals surface area contributed by atoms with E-state index in [9.17, 15) is 0 Å². The van der Waals surface area contributed by atoms with Crippen molar-refractivity contribution in [2.24, 2.45) is 0 Å². The highest BCUT2D eigenvalue weighted by molar-refractivity contribution is 7.15. The van der Waals surface area contributed by atoms with Crippen molar-refractivity contribution in [3.8, 4) is 0 Å². The third-order valence-corrected chi connectivity index (χ3v) is 6.00. The largest absolute Gasteiger partial charge is 0.375 e. The smallest absolute Gasteiger partial charge is 0.180 e. The topological polar surface area (TPSA) is 38.9 Å². The van der Waals surface area contributed by atoms with E-state index in [1.54, 1.807) is 11.3 Å². The Balaban J connectivity index is 1.80. The van der Waals surface area contributed by atoms with E-state index in [2.05, 4.69) is 65.6 Å². The summed E-state index contributed by atoms with van der Waals surface area (Å²) in [5.74, 6) is 0. The van der Waals surface area contributed by atoms with Gasteiger partial charge in [-0.2, -0.15) is 0 Å². The van der Waals surface area contributed by atoms with Gasteiger partial charge in [-0.3, -0.25) is 0 Å². The van der Waals surface area contributed by atoms with Crippen LogP contribution in [0.4, 0.5) is 5.13 Å². The van der Waals surface area contributed by atoms with Crippen molar-refractivity contribution < 1.29 is 0 Å². The van der Waals surface area contributed by atoms with Crippen molar-refractivity contribution in [1.29, 1.82) is 0 Å². The Bertz CT molecular complexity index is 726. The number of aryl methyl sites for hydroxylation is 2. The highest BCUT2D eigenvalue weighted by Crippen LogP contribution is 2.44. The van der Waals surface area contributed by atoms with Gasteiger partial charge in [0.25, 0.3) is 0 Å². The molecule has 2 aromatic carbocycles. The molecule has 0 bridgehead atoms. The van der Waals surface area contributed by atoms with Crippen LogP contribution in [0.5, 0.6) is 0 Å². The molecule has 3 aromatic rings. The Hall–Kier alpha value is -2.13. The second-order valence-corrected chi connectivity index (χ2v) is 7.35. The van der Waals surface area contributed by atoms with Gasteiger partial charge in [0.15, 0.2) is 5.13 Å². The number of aromatic nitrogens is 1. The van der Waals surface area contributed by atoms with Crippen LogP contribution in [-0.4, -0.2) is 4.98 Å². The van der Waals surface area contributed by atoms with Crippen LogP contribution in [0.2, 0.25) is 0 Å². The number of hydrogen-bond donors (Lipinski definition) is 1. The number of nitrogen functional groups attached to an aromatic ring is 1. The monoisotopic (exact) mass is 320 g/mol. The Morgan fingerprint density at radius 2 is 1.39 bits per heavy atom. The van der Waals surface area contributed by atoms with E-state index in [1.807, 2.05) is 0 Å². The van der Waals surface area contributed by atoms with Gasteiger partial charge in [0.05, 0.1) is 5.69 Å². The molecule has 1 aliphatic carbocycles. The molecule has 0 spiro atoms. The summed E-state index contributed by atoms with van der Waals surface area (Å²) in [5.41, 5.74) is 10.0. The predicted octanol–water partition coefficient (Wildman–Crippen LogP) is 4.59. The predicted molar refractivity (Wildman–Crippen MR) is 96.8 cm³/mol. The van der Waals surface area contributed by atoms with E-state index in [0.29, 0.717) is 5.13 Å². The summed E-state index contributed by atoms with van der Waals surface area (Å²) in [5, 5.41) is 0.710. The molecule has 0 aliphatic heterocycles. The van der Waals surface area contributed by atoms with Gasteiger partial charge in [0.1, 0.15) is 0 Å². The zero-order chi connectivity index (χ0) is 15.7. The average molecular weight is 320 g/mol. The first-order chi connectivity index (χ1) is 11.3. The molecule has 0 radical (unpaired) electrons. The average Bonchev–Trinajstić information content (AvgIpc) is 2.87. The normalized spacial score (nSPS) is 16.5. The molecule has 4 rings (SSSR count). The molecular weight excluding hydrogens is 300 g/mol. The van der Waals surface area contributed by atoms with E-state index in [-0.39, 0.29) is 5.41 Å². The molecule has 0 fully saturated rings. The molecule has 23 heavy (non-hydrogen) atoms. The quantitative estimate of drug-likeness (QED) is 0.701.